The van der Waals surface area contributed by atoms with E-state index in [2.05, 4.69) is 20.9 Å². The zero-order chi connectivity index (χ0) is 31.1. The minimum absolute atomic E-state index is 0.0650. The zero-order valence-corrected chi connectivity index (χ0v) is 24.3. The van der Waals surface area contributed by atoms with Gasteiger partial charge in [-0.3, -0.25) is 24.5 Å². The SMILES string of the molecule is Cc1ccc([N+](=O)[O-])cc1NC(=O)CSc1ccc(NC(=O)/C(=C/c2c[nH]c3ccccc23)NC(=O)c2ccccc2)cc1. The summed E-state index contributed by atoms with van der Waals surface area (Å²) in [6, 6.07) is 27.5. The average molecular weight is 606 g/mol. The minimum atomic E-state index is -0.512. The lowest BCUT2D eigenvalue weighted by Crippen LogP contribution is -2.30. The van der Waals surface area contributed by atoms with Crippen LogP contribution in [0.3, 0.4) is 0 Å². The number of aryl methyl sites for hydroxylation is 1. The van der Waals surface area contributed by atoms with Crippen molar-refractivity contribution in [2.45, 2.75) is 11.8 Å². The van der Waals surface area contributed by atoms with Gasteiger partial charge >= 0.3 is 0 Å². The van der Waals surface area contributed by atoms with Crippen LogP contribution in [0.5, 0.6) is 0 Å². The molecule has 0 aliphatic carbocycles. The first kappa shape index (κ1) is 29.8. The highest BCUT2D eigenvalue weighted by Gasteiger charge is 2.17. The first-order valence-electron chi connectivity index (χ1n) is 13.5. The van der Waals surface area contributed by atoms with E-state index < -0.39 is 16.7 Å². The number of rotatable bonds is 10. The van der Waals surface area contributed by atoms with E-state index in [-0.39, 0.29) is 23.0 Å². The smallest absolute Gasteiger partial charge is 0.272 e. The van der Waals surface area contributed by atoms with E-state index in [4.69, 9.17) is 0 Å². The molecular weight excluding hydrogens is 578 g/mol. The summed E-state index contributed by atoms with van der Waals surface area (Å²) in [6.45, 7) is 1.76. The number of aromatic nitrogens is 1. The molecule has 5 rings (SSSR count). The molecule has 0 fully saturated rings. The molecular formula is C33H27N5O5S. The molecule has 220 valence electrons. The van der Waals surface area contributed by atoms with Gasteiger partial charge in [0.1, 0.15) is 5.70 Å². The molecule has 5 aromatic rings. The lowest BCUT2D eigenvalue weighted by atomic mass is 10.1. The van der Waals surface area contributed by atoms with E-state index in [1.54, 1.807) is 79.9 Å². The van der Waals surface area contributed by atoms with E-state index in [9.17, 15) is 24.5 Å². The van der Waals surface area contributed by atoms with Gasteiger partial charge in [0.2, 0.25) is 5.91 Å². The van der Waals surface area contributed by atoms with E-state index in [0.717, 1.165) is 21.4 Å². The molecule has 4 aromatic carbocycles. The largest absolute Gasteiger partial charge is 0.361 e. The number of carbonyl (C=O) groups is 3. The molecule has 0 radical (unpaired) electrons. The Morgan fingerprint density at radius 1 is 0.909 bits per heavy atom. The monoisotopic (exact) mass is 605 g/mol. The zero-order valence-electron chi connectivity index (χ0n) is 23.5. The maximum Gasteiger partial charge on any atom is 0.272 e. The van der Waals surface area contributed by atoms with Crippen molar-refractivity contribution in [2.75, 3.05) is 16.4 Å². The highest BCUT2D eigenvalue weighted by Crippen LogP contribution is 2.25. The number of carbonyl (C=O) groups excluding carboxylic acids is 3. The molecule has 0 aliphatic rings. The van der Waals surface area contributed by atoms with E-state index in [0.29, 0.717) is 22.5 Å². The number of anilines is 2. The summed E-state index contributed by atoms with van der Waals surface area (Å²) in [5, 5.41) is 20.2. The molecule has 11 heteroatoms. The number of nitro groups is 1. The van der Waals surface area contributed by atoms with Crippen LogP contribution < -0.4 is 16.0 Å². The standard InChI is InChI=1S/C33H27N5O5S/c1-21-11-14-25(38(42)43)18-29(21)36-31(39)20-44-26-15-12-24(13-16-26)35-33(41)30(37-32(40)22-7-3-2-4-8-22)17-23-19-34-28-10-6-5-9-27(23)28/h2-19,34H,20H2,1H3,(H,35,41)(H,36,39)(H,37,40)/b30-17-. The lowest BCUT2D eigenvalue weighted by Gasteiger charge is -2.12. The van der Waals surface area contributed by atoms with Crippen LogP contribution in [0.25, 0.3) is 17.0 Å². The Bertz CT molecular complexity index is 1880. The second kappa shape index (κ2) is 13.5. The normalized spacial score (nSPS) is 11.2. The molecule has 0 saturated carbocycles. The maximum atomic E-state index is 13.4. The summed E-state index contributed by atoms with van der Waals surface area (Å²) in [5.41, 5.74) is 3.61. The van der Waals surface area contributed by atoms with Gasteiger partial charge in [-0.2, -0.15) is 0 Å². The summed E-state index contributed by atoms with van der Waals surface area (Å²) in [5.74, 6) is -1.15. The van der Waals surface area contributed by atoms with E-state index >= 15 is 0 Å². The van der Waals surface area contributed by atoms with Crippen molar-refractivity contribution in [3.8, 4) is 0 Å². The maximum absolute atomic E-state index is 13.4. The second-order valence-corrected chi connectivity index (χ2v) is 10.8. The molecule has 10 nitrogen and oxygen atoms in total. The quantitative estimate of drug-likeness (QED) is 0.0617. The fourth-order valence-electron chi connectivity index (χ4n) is 4.34. The van der Waals surface area contributed by atoms with Gasteiger partial charge < -0.3 is 20.9 Å². The summed E-state index contributed by atoms with van der Waals surface area (Å²) in [7, 11) is 0. The number of non-ortho nitro benzene ring substituents is 1. The van der Waals surface area contributed by atoms with E-state index in [1.165, 1.54) is 23.9 Å². The molecule has 4 N–H and O–H groups in total. The predicted octanol–water partition coefficient (Wildman–Crippen LogP) is 6.52. The van der Waals surface area contributed by atoms with Crippen molar-refractivity contribution in [2.24, 2.45) is 0 Å². The van der Waals surface area contributed by atoms with Gasteiger partial charge in [0, 0.05) is 50.9 Å². The average Bonchev–Trinajstić information content (AvgIpc) is 3.44. The Kier molecular flexibility index (Phi) is 9.16. The number of fused-ring (bicyclic) bond motifs is 1. The first-order valence-corrected chi connectivity index (χ1v) is 14.5. The van der Waals surface area contributed by atoms with Crippen LogP contribution in [-0.2, 0) is 9.59 Å². The Balaban J connectivity index is 1.26. The number of amides is 3. The van der Waals surface area contributed by atoms with Crippen LogP contribution in [0.1, 0.15) is 21.5 Å². The third-order valence-electron chi connectivity index (χ3n) is 6.64. The van der Waals surface area contributed by atoms with Gasteiger partial charge in [0.25, 0.3) is 17.5 Å². The van der Waals surface area contributed by atoms with Crippen LogP contribution >= 0.6 is 11.8 Å². The molecule has 1 aromatic heterocycles. The fourth-order valence-corrected chi connectivity index (χ4v) is 5.04. The fraction of sp³-hybridized carbons (Fsp3) is 0.0606. The van der Waals surface area contributed by atoms with E-state index in [1.807, 2.05) is 24.3 Å². The van der Waals surface area contributed by atoms with Crippen LogP contribution in [-0.4, -0.2) is 33.4 Å². The van der Waals surface area contributed by atoms with Crippen molar-refractivity contribution in [3.63, 3.8) is 0 Å². The third kappa shape index (κ3) is 7.39. The lowest BCUT2D eigenvalue weighted by molar-refractivity contribution is -0.384. The Labute approximate surface area is 256 Å². The first-order chi connectivity index (χ1) is 21.3. The second-order valence-electron chi connectivity index (χ2n) is 9.74. The Morgan fingerprint density at radius 3 is 2.39 bits per heavy atom. The molecule has 0 atom stereocenters. The van der Waals surface area contributed by atoms with Crippen molar-refractivity contribution < 1.29 is 19.3 Å². The number of hydrogen-bond donors (Lipinski definition) is 4. The molecule has 0 bridgehead atoms. The number of para-hydroxylation sites is 1. The molecule has 0 unspecified atom stereocenters. The summed E-state index contributed by atoms with van der Waals surface area (Å²) < 4.78 is 0. The van der Waals surface area contributed by atoms with Crippen LogP contribution in [0.15, 0.2) is 114 Å². The summed E-state index contributed by atoms with van der Waals surface area (Å²) >= 11 is 1.28. The Hall–Kier alpha value is -5.68. The molecule has 44 heavy (non-hydrogen) atoms. The molecule has 0 spiro atoms. The number of nitro benzene ring substituents is 1. The molecule has 0 aliphatic heterocycles. The number of H-pyrrole nitrogens is 1. The van der Waals surface area contributed by atoms with Gasteiger partial charge in [-0.05, 0) is 61.0 Å². The van der Waals surface area contributed by atoms with Gasteiger partial charge in [0.15, 0.2) is 0 Å². The minimum Gasteiger partial charge on any atom is -0.361 e. The van der Waals surface area contributed by atoms with Crippen LogP contribution in [0.4, 0.5) is 17.1 Å². The van der Waals surface area contributed by atoms with Gasteiger partial charge in [-0.15, -0.1) is 11.8 Å². The van der Waals surface area contributed by atoms with Gasteiger partial charge in [0.05, 0.1) is 16.4 Å². The number of nitrogens with one attached hydrogen (secondary N) is 4. The number of nitrogens with zero attached hydrogens (tertiary/aromatic N) is 1. The summed E-state index contributed by atoms with van der Waals surface area (Å²) in [6.07, 6.45) is 3.40. The predicted molar refractivity (Wildman–Crippen MR) is 172 cm³/mol. The van der Waals surface area contributed by atoms with Gasteiger partial charge in [-0.1, -0.05) is 42.5 Å². The third-order valence-corrected chi connectivity index (χ3v) is 7.65. The van der Waals surface area contributed by atoms with Crippen molar-refractivity contribution in [1.82, 2.24) is 10.3 Å². The number of aromatic amines is 1. The topological polar surface area (TPSA) is 146 Å². The highest BCUT2D eigenvalue weighted by molar-refractivity contribution is 8.00. The Morgan fingerprint density at radius 2 is 1.64 bits per heavy atom. The molecule has 3 amide bonds. The van der Waals surface area contributed by atoms with Crippen LogP contribution in [0, 0.1) is 17.0 Å². The van der Waals surface area contributed by atoms with Crippen molar-refractivity contribution in [1.29, 1.82) is 0 Å². The molecule has 0 saturated heterocycles. The van der Waals surface area contributed by atoms with Gasteiger partial charge in [-0.25, -0.2) is 0 Å². The van der Waals surface area contributed by atoms with Crippen molar-refractivity contribution in [3.05, 3.63) is 136 Å². The van der Waals surface area contributed by atoms with Crippen molar-refractivity contribution >= 4 is 63.5 Å². The van der Waals surface area contributed by atoms with Crippen LogP contribution in [0.2, 0.25) is 0 Å². The number of thioether (sulfide) groups is 1. The number of hydrogen-bond acceptors (Lipinski definition) is 6. The highest BCUT2D eigenvalue weighted by atomic mass is 32.2. The number of benzene rings is 4. The summed E-state index contributed by atoms with van der Waals surface area (Å²) in [4.78, 5) is 53.4. The molecule has 1 heterocycles.